The number of hydrogen-bond donors (Lipinski definition) is 0. The highest BCUT2D eigenvalue weighted by Gasteiger charge is 2.41. The molecule has 0 bridgehead atoms. The van der Waals surface area contributed by atoms with E-state index in [0.717, 1.165) is 22.3 Å². The molecule has 0 N–H and O–H groups in total. The monoisotopic (exact) mass is 706 g/mol. The van der Waals surface area contributed by atoms with E-state index in [1.807, 2.05) is 52.0 Å². The van der Waals surface area contributed by atoms with Crippen LogP contribution in [0.15, 0.2) is 72.8 Å². The molecule has 0 spiro atoms. The molecule has 0 saturated carbocycles. The Hall–Kier alpha value is -5.64. The van der Waals surface area contributed by atoms with Gasteiger partial charge >= 0.3 is 23.9 Å². The van der Waals surface area contributed by atoms with Crippen LogP contribution in [0.1, 0.15) is 113 Å². The maximum Gasteiger partial charge on any atom is 0.311 e. The van der Waals surface area contributed by atoms with Gasteiger partial charge in [-0.2, -0.15) is 0 Å². The van der Waals surface area contributed by atoms with Gasteiger partial charge in [0.15, 0.2) is 0 Å². The van der Waals surface area contributed by atoms with E-state index in [1.165, 1.54) is 0 Å². The average Bonchev–Trinajstić information content (AvgIpc) is 3.10. The minimum absolute atomic E-state index is 0.275. The second-order valence-electron chi connectivity index (χ2n) is 12.9. The van der Waals surface area contributed by atoms with Gasteiger partial charge in [0.05, 0.1) is 0 Å². The number of carbonyl (C=O) groups is 4. The average molecular weight is 707 g/mol. The van der Waals surface area contributed by atoms with Crippen molar-refractivity contribution in [1.82, 2.24) is 0 Å². The summed E-state index contributed by atoms with van der Waals surface area (Å²) in [5.41, 5.74) is 3.27. The van der Waals surface area contributed by atoms with E-state index in [0.29, 0.717) is 71.7 Å². The molecule has 10 nitrogen and oxygen atoms in total. The number of carbonyl (C=O) groups excluding carboxylic acids is 4. The highest BCUT2D eigenvalue weighted by molar-refractivity contribution is 5.75. The Morgan fingerprint density at radius 1 is 0.423 bits per heavy atom. The summed E-state index contributed by atoms with van der Waals surface area (Å²) in [4.78, 5) is 49.8. The summed E-state index contributed by atoms with van der Waals surface area (Å²) < 4.78 is 35.5. The molecule has 10 heteroatoms. The van der Waals surface area contributed by atoms with Gasteiger partial charge in [0.2, 0.25) is 0 Å². The predicted octanol–water partition coefficient (Wildman–Crippen LogP) is 9.68. The molecule has 0 aromatic heterocycles. The second kappa shape index (κ2) is 16.1. The molecular weight excluding hydrogens is 664 g/mol. The number of fused-ring (bicyclic) bond motifs is 4. The fourth-order valence-corrected chi connectivity index (χ4v) is 6.53. The van der Waals surface area contributed by atoms with Crippen LogP contribution in [0.4, 0.5) is 0 Å². The number of ether oxygens (including phenoxy) is 6. The summed E-state index contributed by atoms with van der Waals surface area (Å²) in [5, 5.41) is 0. The molecule has 6 rings (SSSR count). The minimum atomic E-state index is -0.386. The topological polar surface area (TPSA) is 124 Å². The van der Waals surface area contributed by atoms with Crippen LogP contribution in [0.3, 0.4) is 0 Å². The first-order valence-corrected chi connectivity index (χ1v) is 17.9. The van der Waals surface area contributed by atoms with E-state index in [1.54, 1.807) is 48.5 Å². The zero-order valence-corrected chi connectivity index (χ0v) is 29.8. The van der Waals surface area contributed by atoms with E-state index < -0.39 is 0 Å². The van der Waals surface area contributed by atoms with Crippen molar-refractivity contribution in [1.29, 1.82) is 0 Å². The summed E-state index contributed by atoms with van der Waals surface area (Å²) >= 11 is 0. The Morgan fingerprint density at radius 2 is 0.654 bits per heavy atom. The molecule has 0 aliphatic carbocycles. The number of hydrogen-bond acceptors (Lipinski definition) is 10. The summed E-state index contributed by atoms with van der Waals surface area (Å²) in [6, 6.07) is 21.4. The third kappa shape index (κ3) is 7.96. The lowest BCUT2D eigenvalue weighted by molar-refractivity contribution is -0.135. The SMILES string of the molecule is CCCC(=O)Oc1ccc2c(c1)Oc1cc(OC(=O)CCC)ccc1C2C1c2ccc(OC(=O)CCC)cc2Oc2cc(OC(=O)CCC)ccc21. The van der Waals surface area contributed by atoms with E-state index in [9.17, 15) is 19.2 Å². The fraction of sp³-hybridized carbons (Fsp3) is 0.333. The highest BCUT2D eigenvalue weighted by atomic mass is 16.6. The Balaban J connectivity index is 1.50. The Kier molecular flexibility index (Phi) is 11.2. The molecule has 0 unspecified atom stereocenters. The lowest BCUT2D eigenvalue weighted by Gasteiger charge is -2.38. The molecule has 52 heavy (non-hydrogen) atoms. The van der Waals surface area contributed by atoms with E-state index in [-0.39, 0.29) is 61.4 Å². The summed E-state index contributed by atoms with van der Waals surface area (Å²) in [5.74, 6) is 1.10. The first kappa shape index (κ1) is 36.2. The zero-order valence-electron chi connectivity index (χ0n) is 29.8. The quantitative estimate of drug-likeness (QED) is 0.0980. The van der Waals surface area contributed by atoms with E-state index >= 15 is 0 Å². The van der Waals surface area contributed by atoms with Crippen LogP contribution in [0.5, 0.6) is 46.0 Å². The first-order chi connectivity index (χ1) is 25.2. The van der Waals surface area contributed by atoms with Crippen LogP contribution in [-0.4, -0.2) is 23.9 Å². The number of benzene rings is 4. The molecule has 2 aliphatic heterocycles. The summed E-state index contributed by atoms with van der Waals surface area (Å²) in [6.07, 6.45) is 3.70. The van der Waals surface area contributed by atoms with Gasteiger partial charge in [0.25, 0.3) is 0 Å². The standard InChI is InChI=1S/C42H42O10/c1-5-9-37(43)47-25-13-17-29-33(21-25)51-34-22-26(48-38(44)10-6-2)14-18-30(34)41(29)42-31-19-15-27(49-39(45)11-7-3)23-35(31)52-36-24-28(16-20-32(36)42)50-40(46)12-8-4/h13-24,41-42H,5-12H2,1-4H3. The van der Waals surface area contributed by atoms with E-state index in [4.69, 9.17) is 28.4 Å². The van der Waals surface area contributed by atoms with Gasteiger partial charge in [0, 0.05) is 84.0 Å². The smallest absolute Gasteiger partial charge is 0.311 e. The second-order valence-corrected chi connectivity index (χ2v) is 12.9. The molecular formula is C42H42O10. The van der Waals surface area contributed by atoms with Crippen LogP contribution in [-0.2, 0) is 19.2 Å². The molecule has 0 saturated heterocycles. The zero-order chi connectivity index (χ0) is 36.8. The third-order valence-corrected chi connectivity index (χ3v) is 8.80. The van der Waals surface area contributed by atoms with Crippen molar-refractivity contribution in [2.45, 2.75) is 90.9 Å². The number of rotatable bonds is 13. The molecule has 2 heterocycles. The highest BCUT2D eigenvalue weighted by Crippen LogP contribution is 2.58. The van der Waals surface area contributed by atoms with Crippen molar-refractivity contribution in [2.75, 3.05) is 0 Å². The maximum atomic E-state index is 12.4. The lowest BCUT2D eigenvalue weighted by atomic mass is 9.71. The molecule has 4 aromatic rings. The molecule has 0 fully saturated rings. The third-order valence-electron chi connectivity index (χ3n) is 8.80. The molecule has 0 radical (unpaired) electrons. The van der Waals surface area contributed by atoms with Crippen molar-refractivity contribution in [3.05, 3.63) is 95.1 Å². The van der Waals surface area contributed by atoms with Crippen LogP contribution >= 0.6 is 0 Å². The Bertz CT molecular complexity index is 1710. The first-order valence-electron chi connectivity index (χ1n) is 17.9. The molecule has 0 atom stereocenters. The number of esters is 4. The lowest BCUT2D eigenvalue weighted by Crippen LogP contribution is -2.22. The van der Waals surface area contributed by atoms with Gasteiger partial charge < -0.3 is 28.4 Å². The predicted molar refractivity (Wildman–Crippen MR) is 192 cm³/mol. The van der Waals surface area contributed by atoms with Gasteiger partial charge in [-0.1, -0.05) is 52.0 Å². The van der Waals surface area contributed by atoms with Gasteiger partial charge in [-0.3, -0.25) is 19.2 Å². The molecule has 2 aliphatic rings. The van der Waals surface area contributed by atoms with Crippen molar-refractivity contribution < 1.29 is 47.6 Å². The van der Waals surface area contributed by atoms with Crippen LogP contribution < -0.4 is 28.4 Å². The van der Waals surface area contributed by atoms with Gasteiger partial charge in [-0.05, 0) is 49.9 Å². The van der Waals surface area contributed by atoms with E-state index in [2.05, 4.69) is 0 Å². The summed E-state index contributed by atoms with van der Waals surface area (Å²) in [7, 11) is 0. The molecule has 0 amide bonds. The Morgan fingerprint density at radius 3 is 0.865 bits per heavy atom. The Labute approximate surface area is 302 Å². The van der Waals surface area contributed by atoms with Crippen LogP contribution in [0.25, 0.3) is 0 Å². The van der Waals surface area contributed by atoms with Crippen LogP contribution in [0.2, 0.25) is 0 Å². The molecule has 4 aromatic carbocycles. The van der Waals surface area contributed by atoms with Crippen molar-refractivity contribution >= 4 is 23.9 Å². The van der Waals surface area contributed by atoms with Gasteiger partial charge in [-0.25, -0.2) is 0 Å². The van der Waals surface area contributed by atoms with Gasteiger partial charge in [0.1, 0.15) is 46.0 Å². The minimum Gasteiger partial charge on any atom is -0.456 e. The van der Waals surface area contributed by atoms with Crippen molar-refractivity contribution in [3.8, 4) is 46.0 Å². The normalized spacial score (nSPS) is 12.9. The van der Waals surface area contributed by atoms with Gasteiger partial charge in [-0.15, -0.1) is 0 Å². The van der Waals surface area contributed by atoms with Crippen molar-refractivity contribution in [2.24, 2.45) is 0 Å². The molecule has 270 valence electrons. The summed E-state index contributed by atoms with van der Waals surface area (Å²) in [6.45, 7) is 7.63. The van der Waals surface area contributed by atoms with Crippen molar-refractivity contribution in [3.63, 3.8) is 0 Å². The largest absolute Gasteiger partial charge is 0.456 e. The fourth-order valence-electron chi connectivity index (χ4n) is 6.53. The maximum absolute atomic E-state index is 12.4. The van der Waals surface area contributed by atoms with Crippen LogP contribution in [0, 0.1) is 0 Å².